The lowest BCUT2D eigenvalue weighted by molar-refractivity contribution is -0.133. The molecule has 0 saturated carbocycles. The van der Waals surface area contributed by atoms with Crippen LogP contribution in [0.3, 0.4) is 0 Å². The number of nitrogens with zero attached hydrogens (tertiary/aromatic N) is 4. The first-order chi connectivity index (χ1) is 11.7. The van der Waals surface area contributed by atoms with Gasteiger partial charge in [-0.2, -0.15) is 0 Å². The lowest BCUT2D eigenvalue weighted by Gasteiger charge is -2.29. The summed E-state index contributed by atoms with van der Waals surface area (Å²) in [6, 6.07) is 8.66. The summed E-state index contributed by atoms with van der Waals surface area (Å²) < 4.78 is 7.65. The Kier molecular flexibility index (Phi) is 4.08. The van der Waals surface area contributed by atoms with Crippen molar-refractivity contribution in [3.8, 4) is 5.69 Å². The van der Waals surface area contributed by atoms with Gasteiger partial charge in [0.25, 0.3) is 0 Å². The molecule has 2 aromatic rings. The number of amides is 1. The fraction of sp³-hybridized carbons (Fsp3) is 0.444. The number of imidazole rings is 1. The Bertz CT molecular complexity index is 698. The van der Waals surface area contributed by atoms with E-state index in [1.54, 1.807) is 12.5 Å². The molecule has 0 aliphatic carbocycles. The number of carbonyl (C=O) groups excluding carboxylic acids is 1. The molecule has 2 atom stereocenters. The zero-order valence-corrected chi connectivity index (χ0v) is 13.8. The van der Waals surface area contributed by atoms with Crippen molar-refractivity contribution in [2.75, 3.05) is 33.4 Å². The molecule has 0 radical (unpaired) electrons. The van der Waals surface area contributed by atoms with Crippen molar-refractivity contribution in [3.05, 3.63) is 48.5 Å². The Morgan fingerprint density at radius 2 is 2.04 bits per heavy atom. The summed E-state index contributed by atoms with van der Waals surface area (Å²) in [7, 11) is 1.90. The van der Waals surface area contributed by atoms with Crippen LogP contribution in [0.15, 0.2) is 43.0 Å². The predicted molar refractivity (Wildman–Crippen MR) is 89.7 cm³/mol. The molecule has 1 aromatic heterocycles. The van der Waals surface area contributed by atoms with E-state index in [2.05, 4.69) is 34.1 Å². The maximum Gasteiger partial charge on any atom is 0.229 e. The van der Waals surface area contributed by atoms with Crippen LogP contribution in [-0.4, -0.2) is 64.7 Å². The highest BCUT2D eigenvalue weighted by atomic mass is 16.5. The lowest BCUT2D eigenvalue weighted by Crippen LogP contribution is -2.42. The van der Waals surface area contributed by atoms with Crippen molar-refractivity contribution in [2.24, 2.45) is 5.92 Å². The van der Waals surface area contributed by atoms with Crippen molar-refractivity contribution in [1.29, 1.82) is 0 Å². The van der Waals surface area contributed by atoms with Crippen LogP contribution in [-0.2, 0) is 16.1 Å². The topological polar surface area (TPSA) is 50.6 Å². The van der Waals surface area contributed by atoms with Gasteiger partial charge in [0.1, 0.15) is 0 Å². The van der Waals surface area contributed by atoms with Gasteiger partial charge in [0.2, 0.25) is 5.91 Å². The molecule has 0 spiro atoms. The zero-order valence-electron chi connectivity index (χ0n) is 13.8. The smallest absolute Gasteiger partial charge is 0.229 e. The van der Waals surface area contributed by atoms with Crippen LogP contribution >= 0.6 is 0 Å². The number of rotatable bonds is 3. The quantitative estimate of drug-likeness (QED) is 0.849. The number of likely N-dealkylation sites (N-methyl/N-ethyl adjacent to an activating group) is 1. The van der Waals surface area contributed by atoms with Gasteiger partial charge in [-0.15, -0.1) is 0 Å². The van der Waals surface area contributed by atoms with Gasteiger partial charge in [0.15, 0.2) is 0 Å². The second-order valence-corrected chi connectivity index (χ2v) is 6.67. The van der Waals surface area contributed by atoms with Crippen molar-refractivity contribution >= 4 is 5.91 Å². The first kappa shape index (κ1) is 15.4. The third kappa shape index (κ3) is 2.95. The van der Waals surface area contributed by atoms with Crippen LogP contribution in [0, 0.1) is 5.92 Å². The van der Waals surface area contributed by atoms with E-state index in [9.17, 15) is 4.79 Å². The van der Waals surface area contributed by atoms with Gasteiger partial charge in [-0.1, -0.05) is 12.1 Å². The van der Waals surface area contributed by atoms with Crippen LogP contribution in [0.5, 0.6) is 0 Å². The summed E-state index contributed by atoms with van der Waals surface area (Å²) in [6.07, 6.45) is 5.51. The van der Waals surface area contributed by atoms with Gasteiger partial charge in [0, 0.05) is 44.8 Å². The second-order valence-electron chi connectivity index (χ2n) is 6.67. The Labute approximate surface area is 141 Å². The van der Waals surface area contributed by atoms with E-state index in [1.807, 2.05) is 22.7 Å². The highest BCUT2D eigenvalue weighted by Crippen LogP contribution is 2.21. The molecule has 126 valence electrons. The van der Waals surface area contributed by atoms with Crippen LogP contribution in [0.4, 0.5) is 0 Å². The molecule has 24 heavy (non-hydrogen) atoms. The third-order valence-corrected chi connectivity index (χ3v) is 4.97. The maximum atomic E-state index is 12.4. The monoisotopic (exact) mass is 326 g/mol. The van der Waals surface area contributed by atoms with E-state index in [0.29, 0.717) is 13.2 Å². The first-order valence-corrected chi connectivity index (χ1v) is 8.35. The molecule has 2 aliphatic heterocycles. The number of ether oxygens (including phenoxy) is 1. The van der Waals surface area contributed by atoms with E-state index in [0.717, 1.165) is 25.3 Å². The van der Waals surface area contributed by atoms with Gasteiger partial charge < -0.3 is 14.2 Å². The molecule has 3 heterocycles. The van der Waals surface area contributed by atoms with Crippen LogP contribution < -0.4 is 0 Å². The van der Waals surface area contributed by atoms with Crippen LogP contribution in [0.1, 0.15) is 5.56 Å². The van der Waals surface area contributed by atoms with E-state index in [4.69, 9.17) is 4.74 Å². The minimum atomic E-state index is -0.0484. The normalized spacial score (nSPS) is 24.9. The molecule has 0 N–H and O–H groups in total. The predicted octanol–water partition coefficient (Wildman–Crippen LogP) is 1.16. The first-order valence-electron chi connectivity index (χ1n) is 8.35. The van der Waals surface area contributed by atoms with Gasteiger partial charge in [-0.05, 0) is 17.7 Å². The molecule has 2 bridgehead atoms. The summed E-state index contributed by atoms with van der Waals surface area (Å²) in [4.78, 5) is 20.7. The Morgan fingerprint density at radius 3 is 2.79 bits per heavy atom. The van der Waals surface area contributed by atoms with Gasteiger partial charge in [0.05, 0.1) is 31.5 Å². The molecule has 6 heteroatoms. The molecule has 1 aromatic carbocycles. The van der Waals surface area contributed by atoms with Crippen molar-refractivity contribution in [3.63, 3.8) is 0 Å². The van der Waals surface area contributed by atoms with E-state index in [-0.39, 0.29) is 17.9 Å². The maximum absolute atomic E-state index is 12.4. The largest absolute Gasteiger partial charge is 0.378 e. The molecule has 2 aliphatic rings. The molecule has 0 unspecified atom stereocenters. The Balaban J connectivity index is 1.48. The number of aromatic nitrogens is 2. The molecular formula is C18H22N4O2. The second kappa shape index (κ2) is 6.37. The number of benzene rings is 1. The summed E-state index contributed by atoms with van der Waals surface area (Å²) in [5, 5.41) is 0. The molecule has 4 rings (SSSR count). The molecule has 1 amide bonds. The average molecular weight is 326 g/mol. The van der Waals surface area contributed by atoms with Crippen molar-refractivity contribution in [1.82, 2.24) is 19.4 Å². The highest BCUT2D eigenvalue weighted by molar-refractivity contribution is 5.79. The molecule has 2 fully saturated rings. The standard InChI is InChI=1S/C18H22N4O2/c1-20-17-10-21(9-15(18(20)23)11-24-12-17)8-14-2-4-16(5-3-14)22-7-6-19-13-22/h2-7,13,15,17H,8-12H2,1H3/t15-,17+/m1/s1. The number of carbonyl (C=O) groups is 1. The van der Waals surface area contributed by atoms with Gasteiger partial charge in [-0.25, -0.2) is 4.98 Å². The Morgan fingerprint density at radius 1 is 1.21 bits per heavy atom. The minimum Gasteiger partial charge on any atom is -0.378 e. The number of fused-ring (bicyclic) bond motifs is 3. The lowest BCUT2D eigenvalue weighted by atomic mass is 10.1. The van der Waals surface area contributed by atoms with Crippen molar-refractivity contribution in [2.45, 2.75) is 12.6 Å². The number of hydrogen-bond donors (Lipinski definition) is 0. The fourth-order valence-electron chi connectivity index (χ4n) is 3.56. The fourth-order valence-corrected chi connectivity index (χ4v) is 3.56. The summed E-state index contributed by atoms with van der Waals surface area (Å²) in [5.41, 5.74) is 2.36. The average Bonchev–Trinajstić information content (AvgIpc) is 3.04. The molecular weight excluding hydrogens is 304 g/mol. The van der Waals surface area contributed by atoms with Crippen LogP contribution in [0.25, 0.3) is 5.69 Å². The summed E-state index contributed by atoms with van der Waals surface area (Å²) in [6.45, 7) is 3.66. The highest BCUT2D eigenvalue weighted by Gasteiger charge is 2.37. The molecule has 2 saturated heterocycles. The van der Waals surface area contributed by atoms with Crippen LogP contribution in [0.2, 0.25) is 0 Å². The van der Waals surface area contributed by atoms with Crippen molar-refractivity contribution < 1.29 is 9.53 Å². The zero-order chi connectivity index (χ0) is 16.5. The number of hydrogen-bond acceptors (Lipinski definition) is 4. The van der Waals surface area contributed by atoms with E-state index in [1.165, 1.54) is 5.56 Å². The Hall–Kier alpha value is -2.18. The summed E-state index contributed by atoms with van der Waals surface area (Å²) in [5.74, 6) is 0.170. The van der Waals surface area contributed by atoms with E-state index < -0.39 is 0 Å². The van der Waals surface area contributed by atoms with E-state index >= 15 is 0 Å². The third-order valence-electron chi connectivity index (χ3n) is 4.97. The van der Waals surface area contributed by atoms with Gasteiger partial charge in [-0.3, -0.25) is 9.69 Å². The minimum absolute atomic E-state index is 0.0484. The van der Waals surface area contributed by atoms with Gasteiger partial charge >= 0.3 is 0 Å². The molecule has 6 nitrogen and oxygen atoms in total. The summed E-state index contributed by atoms with van der Waals surface area (Å²) >= 11 is 0. The SMILES string of the molecule is CN1C(=O)[C@H]2COC[C@@H]1CN(Cc1ccc(-n3ccnc3)cc1)C2.